The van der Waals surface area contributed by atoms with Crippen molar-refractivity contribution in [3.05, 3.63) is 69.1 Å². The lowest BCUT2D eigenvalue weighted by Gasteiger charge is -2.12. The number of carbonyl (C=O) groups is 1. The van der Waals surface area contributed by atoms with Crippen LogP contribution in [0.5, 0.6) is 0 Å². The number of anilines is 1. The molecule has 12 heteroatoms. The lowest BCUT2D eigenvalue weighted by Crippen LogP contribution is -2.44. The molecule has 180 valence electrons. The van der Waals surface area contributed by atoms with Gasteiger partial charge in [-0.25, -0.2) is 4.98 Å². The Hall–Kier alpha value is -3.21. The molecule has 3 heterocycles. The molecule has 0 atom stereocenters. The maximum absolute atomic E-state index is 13.1. The number of hydrogen-bond donors (Lipinski definition) is 3. The molecule has 0 bridgehead atoms. The highest BCUT2D eigenvalue weighted by molar-refractivity contribution is 7.80. The lowest BCUT2D eigenvalue weighted by atomic mass is 10.1. The van der Waals surface area contributed by atoms with Crippen molar-refractivity contribution in [1.82, 2.24) is 35.4 Å². The van der Waals surface area contributed by atoms with E-state index in [1.54, 1.807) is 15.6 Å². The predicted octanol–water partition coefficient (Wildman–Crippen LogP) is 4.34. The SMILES string of the molecule is Cc1nn(C)c2nc(C3CC3)cc(C(=O)NNC(=S)Nc3nn(Cc4ccc(Cl)cc4)cc3Cl)c12. The van der Waals surface area contributed by atoms with Gasteiger partial charge in [0.05, 0.1) is 23.2 Å². The van der Waals surface area contributed by atoms with Gasteiger partial charge < -0.3 is 5.32 Å². The van der Waals surface area contributed by atoms with Gasteiger partial charge in [-0.1, -0.05) is 35.3 Å². The molecule has 3 N–H and O–H groups in total. The van der Waals surface area contributed by atoms with Gasteiger partial charge in [0, 0.05) is 29.9 Å². The highest BCUT2D eigenvalue weighted by Crippen LogP contribution is 2.40. The first-order valence-electron chi connectivity index (χ1n) is 11.0. The molecule has 3 aromatic heterocycles. The average Bonchev–Trinajstić information content (AvgIpc) is 3.57. The molecule has 0 spiro atoms. The molecule has 1 amide bonds. The second-order valence-electron chi connectivity index (χ2n) is 8.46. The van der Waals surface area contributed by atoms with Gasteiger partial charge in [-0.15, -0.1) is 0 Å². The Morgan fingerprint density at radius 3 is 2.63 bits per heavy atom. The number of nitrogens with one attached hydrogen (secondary N) is 3. The third-order valence-corrected chi connectivity index (χ3v) is 6.46. The van der Waals surface area contributed by atoms with Crippen molar-refractivity contribution in [2.75, 3.05) is 5.32 Å². The molecule has 0 unspecified atom stereocenters. The first-order chi connectivity index (χ1) is 16.8. The summed E-state index contributed by atoms with van der Waals surface area (Å²) in [5, 5.41) is 13.7. The molecule has 9 nitrogen and oxygen atoms in total. The summed E-state index contributed by atoms with van der Waals surface area (Å²) in [6.07, 6.45) is 3.85. The van der Waals surface area contributed by atoms with Gasteiger partial charge in [0.1, 0.15) is 5.02 Å². The number of hydrazine groups is 1. The van der Waals surface area contributed by atoms with E-state index in [4.69, 9.17) is 40.4 Å². The van der Waals surface area contributed by atoms with Crippen molar-refractivity contribution >= 4 is 63.3 Å². The van der Waals surface area contributed by atoms with Crippen molar-refractivity contribution < 1.29 is 4.79 Å². The number of pyridine rings is 1. The summed E-state index contributed by atoms with van der Waals surface area (Å²) in [6.45, 7) is 2.38. The van der Waals surface area contributed by atoms with Gasteiger partial charge in [-0.05, 0) is 55.7 Å². The molecule has 1 saturated carbocycles. The lowest BCUT2D eigenvalue weighted by molar-refractivity contribution is 0.0945. The minimum absolute atomic E-state index is 0.146. The molecule has 5 rings (SSSR count). The number of hydrogen-bond acceptors (Lipinski definition) is 5. The van der Waals surface area contributed by atoms with Crippen LogP contribution in [0.1, 0.15) is 46.1 Å². The van der Waals surface area contributed by atoms with Crippen LogP contribution in [-0.4, -0.2) is 35.6 Å². The number of benzene rings is 1. The Balaban J connectivity index is 1.26. The minimum Gasteiger partial charge on any atom is -0.313 e. The van der Waals surface area contributed by atoms with Crippen LogP contribution >= 0.6 is 35.4 Å². The number of halogens is 2. The van der Waals surface area contributed by atoms with Crippen molar-refractivity contribution in [2.24, 2.45) is 7.05 Å². The molecule has 35 heavy (non-hydrogen) atoms. The Bertz CT molecular complexity index is 1440. The number of rotatable bonds is 5. The van der Waals surface area contributed by atoms with Crippen LogP contribution < -0.4 is 16.2 Å². The van der Waals surface area contributed by atoms with Crippen LogP contribution in [0.2, 0.25) is 10.0 Å². The summed E-state index contributed by atoms with van der Waals surface area (Å²) >= 11 is 17.6. The minimum atomic E-state index is -0.334. The van der Waals surface area contributed by atoms with Gasteiger partial charge in [-0.3, -0.25) is 25.0 Å². The maximum Gasteiger partial charge on any atom is 0.270 e. The number of carbonyl (C=O) groups excluding carboxylic acids is 1. The standard InChI is InChI=1S/C23H22Cl2N8OS/c1-12-19-16(9-18(14-5-6-14)26-21(19)32(2)30-12)22(34)28-29-23(35)27-20-17(25)11-33(31-20)10-13-3-7-15(24)8-4-13/h3-4,7-9,11,14H,5-6,10H2,1-2H3,(H,28,34)(H2,27,29,31,35). The van der Waals surface area contributed by atoms with Gasteiger partial charge in [0.25, 0.3) is 5.91 Å². The highest BCUT2D eigenvalue weighted by Gasteiger charge is 2.28. The fourth-order valence-corrected chi connectivity index (χ4v) is 4.36. The molecule has 4 aromatic rings. The zero-order valence-electron chi connectivity index (χ0n) is 19.0. The summed E-state index contributed by atoms with van der Waals surface area (Å²) in [5.74, 6) is 0.429. The normalized spacial score (nSPS) is 13.1. The topological polar surface area (TPSA) is 102 Å². The van der Waals surface area contributed by atoms with Crippen LogP contribution in [0, 0.1) is 6.92 Å². The molecule has 0 saturated heterocycles. The Morgan fingerprint density at radius 1 is 1.17 bits per heavy atom. The predicted molar refractivity (Wildman–Crippen MR) is 140 cm³/mol. The van der Waals surface area contributed by atoms with Crippen LogP contribution in [0.25, 0.3) is 11.0 Å². The molecular formula is C23H22Cl2N8OS. The summed E-state index contributed by atoms with van der Waals surface area (Å²) in [5.41, 5.74) is 9.24. The highest BCUT2D eigenvalue weighted by atomic mass is 35.5. The van der Waals surface area contributed by atoms with Crippen LogP contribution in [-0.2, 0) is 13.6 Å². The Morgan fingerprint density at radius 2 is 1.91 bits per heavy atom. The van der Waals surface area contributed by atoms with E-state index in [9.17, 15) is 4.79 Å². The van der Waals surface area contributed by atoms with E-state index < -0.39 is 0 Å². The fourth-order valence-electron chi connectivity index (χ4n) is 3.89. The summed E-state index contributed by atoms with van der Waals surface area (Å²) in [7, 11) is 1.83. The van der Waals surface area contributed by atoms with E-state index in [1.807, 2.05) is 44.3 Å². The van der Waals surface area contributed by atoms with Gasteiger partial charge >= 0.3 is 0 Å². The first kappa shape index (κ1) is 23.5. The summed E-state index contributed by atoms with van der Waals surface area (Å²) in [6, 6.07) is 9.32. The molecule has 0 aliphatic heterocycles. The molecule has 1 aromatic carbocycles. The Labute approximate surface area is 216 Å². The number of thiocarbonyl (C=S) groups is 1. The third kappa shape index (κ3) is 5.09. The zero-order valence-corrected chi connectivity index (χ0v) is 21.3. The van der Waals surface area contributed by atoms with Gasteiger partial charge in [0.2, 0.25) is 0 Å². The number of fused-ring (bicyclic) bond motifs is 1. The monoisotopic (exact) mass is 528 g/mol. The summed E-state index contributed by atoms with van der Waals surface area (Å²) < 4.78 is 3.39. The van der Waals surface area contributed by atoms with Crippen molar-refractivity contribution in [3.8, 4) is 0 Å². The van der Waals surface area contributed by atoms with E-state index in [0.29, 0.717) is 39.5 Å². The van der Waals surface area contributed by atoms with Gasteiger partial charge in [-0.2, -0.15) is 10.2 Å². The number of aromatic nitrogens is 5. The summed E-state index contributed by atoms with van der Waals surface area (Å²) in [4.78, 5) is 17.8. The quantitative estimate of drug-likeness (QED) is 0.261. The van der Waals surface area contributed by atoms with Crippen molar-refractivity contribution in [2.45, 2.75) is 32.2 Å². The molecule has 0 radical (unpaired) electrons. The molecule has 1 fully saturated rings. The third-order valence-electron chi connectivity index (χ3n) is 5.73. The number of amides is 1. The van der Waals surface area contributed by atoms with E-state index in [1.165, 1.54) is 0 Å². The molecular weight excluding hydrogens is 507 g/mol. The largest absolute Gasteiger partial charge is 0.313 e. The van der Waals surface area contributed by atoms with Crippen LogP contribution in [0.3, 0.4) is 0 Å². The van der Waals surface area contributed by atoms with E-state index in [2.05, 4.69) is 26.4 Å². The van der Waals surface area contributed by atoms with Crippen molar-refractivity contribution in [3.63, 3.8) is 0 Å². The number of nitrogens with zero attached hydrogens (tertiary/aromatic N) is 5. The Kier molecular flexibility index (Phi) is 6.35. The van der Waals surface area contributed by atoms with Crippen molar-refractivity contribution in [1.29, 1.82) is 0 Å². The van der Waals surface area contributed by atoms with Crippen LogP contribution in [0.4, 0.5) is 5.82 Å². The first-order valence-corrected chi connectivity index (χ1v) is 12.1. The second-order valence-corrected chi connectivity index (χ2v) is 9.71. The smallest absolute Gasteiger partial charge is 0.270 e. The molecule has 1 aliphatic rings. The zero-order chi connectivity index (χ0) is 24.7. The van der Waals surface area contributed by atoms with E-state index >= 15 is 0 Å². The second kappa shape index (κ2) is 9.44. The van der Waals surface area contributed by atoms with E-state index in [0.717, 1.165) is 35.2 Å². The number of aryl methyl sites for hydroxylation is 2. The average molecular weight is 529 g/mol. The van der Waals surface area contributed by atoms with Crippen LogP contribution in [0.15, 0.2) is 36.5 Å². The maximum atomic E-state index is 13.1. The fraction of sp³-hybridized carbons (Fsp3) is 0.261. The van der Waals surface area contributed by atoms with E-state index in [-0.39, 0.29) is 11.0 Å². The van der Waals surface area contributed by atoms with Gasteiger partial charge in [0.15, 0.2) is 16.6 Å². The molecule has 1 aliphatic carbocycles.